The first-order chi connectivity index (χ1) is 41.3. The van der Waals surface area contributed by atoms with E-state index >= 15 is 0 Å². The lowest BCUT2D eigenvalue weighted by Crippen LogP contribution is -2.61. The SMILES string of the molecule is CCC(C)(C)C(=O)OC1(CC)CC2CC1C1C3CCC(C3)C21.CCC(C)(C)C(=O)OC12CC3CC(CC(O)(C3)C1)C2.CCC(C)(C)C(=O)OC1C2CC3C(=O)OC1C3O2.CCC(C)(C)C(=O)OC1COC(=O)C1.CCC(C)c1ccc2cc(O)ccc2c1. The Morgan fingerprint density at radius 3 is 1.78 bits per heavy atom. The number of hydrogen-bond acceptors (Lipinski definition) is 15. The number of aliphatic hydroxyl groups is 1. The fraction of sp³-hybridized carbons (Fsp3) is 0.781. The third kappa shape index (κ3) is 13.7. The first-order valence-corrected chi connectivity index (χ1v) is 34.1. The molecule has 14 rings (SSSR count). The standard InChI is InChI=1S/C20H32O2.C16H26O3.C14H16O.C13H18O5.C10H16O4/c1-5-19(3,4)18(21)22-20(6-2)11-14-10-15(20)17-13-8-7-12(9-13)16(14)17;1-4-14(2,3)13(17)19-16-8-11-5-12(9-16)7-15(18,6-11)10-16;1-3-10(2)11-4-5-13-9-14(15)7-6-12(13)8-11;1-4-13(2,3)12(15)18-9-7-5-6-8(16-7)10(9)17-11(6)14;1-4-10(2,3)9(12)14-7-5-8(11)13-6-7/h12-17H,5-11H2,1-4H3;11-12,18H,4-10H2,1-3H3;4-10,15H,3H2,1-2H3;6-10H,4-5H2,1-3H3;7H,4-6H2,1-3H3. The minimum Gasteiger partial charge on any atom is -0.508 e. The third-order valence-electron chi connectivity index (χ3n) is 24.0. The Labute approximate surface area is 524 Å². The maximum atomic E-state index is 12.7. The number of aromatic hydroxyl groups is 1. The molecule has 10 bridgehead atoms. The first-order valence-electron chi connectivity index (χ1n) is 34.1. The van der Waals surface area contributed by atoms with E-state index in [0.717, 1.165) is 92.8 Å². The highest BCUT2D eigenvalue weighted by atomic mass is 16.7. The number of cyclic esters (lactones) is 1. The fourth-order valence-corrected chi connectivity index (χ4v) is 17.1. The minimum atomic E-state index is -0.555. The van der Waals surface area contributed by atoms with Gasteiger partial charge in [0.1, 0.15) is 35.8 Å². The number of phenols is 1. The van der Waals surface area contributed by atoms with Crippen molar-refractivity contribution in [3.05, 3.63) is 42.0 Å². The van der Waals surface area contributed by atoms with Gasteiger partial charge in [-0.1, -0.05) is 72.7 Å². The molecule has 0 radical (unpaired) electrons. The fourth-order valence-electron chi connectivity index (χ4n) is 17.1. The molecule has 2 aromatic rings. The van der Waals surface area contributed by atoms with Crippen molar-refractivity contribution in [2.24, 2.45) is 74.9 Å². The monoisotopic (exact) mass is 1220 g/mol. The Balaban J connectivity index is 0.000000132. The Bertz CT molecular complexity index is 2870. The van der Waals surface area contributed by atoms with Crippen LogP contribution in [-0.2, 0) is 61.9 Å². The van der Waals surface area contributed by atoms with Gasteiger partial charge in [0.15, 0.2) is 12.2 Å². The summed E-state index contributed by atoms with van der Waals surface area (Å²) in [6.07, 6.45) is 17.0. The molecule has 12 fully saturated rings. The van der Waals surface area contributed by atoms with Crippen molar-refractivity contribution in [3.63, 3.8) is 0 Å². The zero-order chi connectivity index (χ0) is 64.3. The lowest BCUT2D eigenvalue weighted by molar-refractivity contribution is -0.225. The molecule has 15 nitrogen and oxygen atoms in total. The number of fused-ring (bicyclic) bond motifs is 11. The average molecular weight is 1230 g/mol. The molecular weight excluding hydrogens is 1120 g/mol. The second kappa shape index (κ2) is 25.7. The molecule has 2 N–H and O–H groups in total. The molecule has 8 saturated carbocycles. The van der Waals surface area contributed by atoms with E-state index in [2.05, 4.69) is 45.9 Å². The van der Waals surface area contributed by atoms with Crippen molar-refractivity contribution >= 4 is 46.6 Å². The summed E-state index contributed by atoms with van der Waals surface area (Å²) in [5, 5.41) is 22.3. The Kier molecular flexibility index (Phi) is 19.8. The highest BCUT2D eigenvalue weighted by molar-refractivity contribution is 5.85. The molecule has 0 spiro atoms. The van der Waals surface area contributed by atoms with E-state index in [-0.39, 0.29) is 89.7 Å². The van der Waals surface area contributed by atoms with Crippen LogP contribution in [0.3, 0.4) is 0 Å². The molecule has 4 saturated heterocycles. The Morgan fingerprint density at radius 1 is 0.648 bits per heavy atom. The van der Waals surface area contributed by atoms with Crippen LogP contribution >= 0.6 is 0 Å². The van der Waals surface area contributed by atoms with Crippen molar-refractivity contribution in [2.75, 3.05) is 6.61 Å². The van der Waals surface area contributed by atoms with Crippen LogP contribution in [0.4, 0.5) is 0 Å². The maximum Gasteiger partial charge on any atom is 0.312 e. The number of benzene rings is 2. The second-order valence-corrected chi connectivity index (χ2v) is 31.6. The molecule has 8 aliphatic carbocycles. The zero-order valence-electron chi connectivity index (χ0n) is 56.0. The number of hydrogen-bond donors (Lipinski definition) is 2. The smallest absolute Gasteiger partial charge is 0.312 e. The van der Waals surface area contributed by atoms with E-state index in [9.17, 15) is 39.0 Å². The van der Waals surface area contributed by atoms with Gasteiger partial charge in [-0.25, -0.2) is 0 Å². The number of rotatable bonds is 15. The van der Waals surface area contributed by atoms with E-state index in [1.165, 1.54) is 43.1 Å². The molecule has 16 unspecified atom stereocenters. The van der Waals surface area contributed by atoms with Gasteiger partial charge in [-0.05, 0) is 240 Å². The molecule has 15 heteroatoms. The van der Waals surface area contributed by atoms with E-state index in [0.29, 0.717) is 55.1 Å². The topological polar surface area (TPSA) is 207 Å². The third-order valence-corrected chi connectivity index (χ3v) is 24.0. The number of phenolic OH excluding ortho intramolecular Hbond substituents is 1. The number of esters is 6. The summed E-state index contributed by atoms with van der Waals surface area (Å²) in [5.74, 6) is 6.22. The van der Waals surface area contributed by atoms with Crippen LogP contribution in [0.2, 0.25) is 0 Å². The van der Waals surface area contributed by atoms with Gasteiger partial charge in [0.2, 0.25) is 0 Å². The predicted octanol–water partition coefficient (Wildman–Crippen LogP) is 14.3. The van der Waals surface area contributed by atoms with E-state index < -0.39 is 34.1 Å². The average Bonchev–Trinajstić information content (AvgIpc) is 1.52. The van der Waals surface area contributed by atoms with Crippen LogP contribution in [-0.4, -0.2) is 100.0 Å². The Hall–Kier alpha value is -4.76. The van der Waals surface area contributed by atoms with Gasteiger partial charge in [-0.2, -0.15) is 0 Å². The van der Waals surface area contributed by atoms with Crippen LogP contribution in [0.1, 0.15) is 237 Å². The van der Waals surface area contributed by atoms with Crippen molar-refractivity contribution in [3.8, 4) is 5.75 Å². The zero-order valence-corrected chi connectivity index (χ0v) is 56.0. The molecule has 12 aliphatic rings. The predicted molar refractivity (Wildman–Crippen MR) is 334 cm³/mol. The number of carbonyl (C=O) groups is 6. The maximum absolute atomic E-state index is 12.7. The summed E-state index contributed by atoms with van der Waals surface area (Å²) >= 11 is 0. The molecule has 88 heavy (non-hydrogen) atoms. The molecular formula is C73H108O15. The van der Waals surface area contributed by atoms with Crippen LogP contribution in [0.5, 0.6) is 5.75 Å². The van der Waals surface area contributed by atoms with Crippen molar-refractivity contribution < 1.29 is 72.1 Å². The van der Waals surface area contributed by atoms with Crippen molar-refractivity contribution in [2.45, 2.75) is 279 Å². The largest absolute Gasteiger partial charge is 0.508 e. The quantitative estimate of drug-likeness (QED) is 0.0966. The van der Waals surface area contributed by atoms with Crippen LogP contribution in [0.15, 0.2) is 36.4 Å². The summed E-state index contributed by atoms with van der Waals surface area (Å²) in [5.41, 5.74) is -1.40. The Morgan fingerprint density at radius 2 is 1.22 bits per heavy atom. The summed E-state index contributed by atoms with van der Waals surface area (Å²) in [4.78, 5) is 71.0. The molecule has 0 aromatic heterocycles. The summed E-state index contributed by atoms with van der Waals surface area (Å²) in [6, 6.07) is 11.9. The molecule has 4 heterocycles. The summed E-state index contributed by atoms with van der Waals surface area (Å²) in [6.45, 7) is 30.2. The molecule has 490 valence electrons. The summed E-state index contributed by atoms with van der Waals surface area (Å²) < 4.78 is 38.6. The van der Waals surface area contributed by atoms with Crippen molar-refractivity contribution in [1.29, 1.82) is 0 Å². The van der Waals surface area contributed by atoms with E-state index in [1.54, 1.807) is 12.1 Å². The van der Waals surface area contributed by atoms with Gasteiger partial charge in [0.05, 0.1) is 45.7 Å². The van der Waals surface area contributed by atoms with Crippen LogP contribution in [0, 0.1) is 74.9 Å². The van der Waals surface area contributed by atoms with Crippen molar-refractivity contribution in [1.82, 2.24) is 0 Å². The van der Waals surface area contributed by atoms with Gasteiger partial charge in [-0.3, -0.25) is 28.8 Å². The van der Waals surface area contributed by atoms with Gasteiger partial charge >= 0.3 is 35.8 Å². The lowest BCUT2D eigenvalue weighted by Gasteiger charge is -2.59. The normalized spacial score (nSPS) is 35.9. The highest BCUT2D eigenvalue weighted by Gasteiger charge is 2.69. The number of carbonyl (C=O) groups excluding carboxylic acids is 6. The first kappa shape index (κ1) is 67.6. The molecule has 4 aliphatic heterocycles. The molecule has 16 atom stereocenters. The van der Waals surface area contributed by atoms with Crippen LogP contribution < -0.4 is 0 Å². The van der Waals surface area contributed by atoms with E-state index in [1.807, 2.05) is 82.2 Å². The van der Waals surface area contributed by atoms with Gasteiger partial charge in [0.25, 0.3) is 0 Å². The van der Waals surface area contributed by atoms with E-state index in [4.69, 9.17) is 33.2 Å². The van der Waals surface area contributed by atoms with Gasteiger partial charge in [-0.15, -0.1) is 0 Å². The summed E-state index contributed by atoms with van der Waals surface area (Å²) in [7, 11) is 0. The minimum absolute atomic E-state index is 0.0455. The molecule has 0 amide bonds. The van der Waals surface area contributed by atoms with Gasteiger partial charge in [0, 0.05) is 12.3 Å². The highest BCUT2D eigenvalue weighted by Crippen LogP contribution is 2.71. The van der Waals surface area contributed by atoms with Gasteiger partial charge < -0.3 is 43.4 Å². The number of ether oxygens (including phenoxy) is 7. The molecule has 2 aromatic carbocycles. The van der Waals surface area contributed by atoms with Crippen LogP contribution in [0.25, 0.3) is 10.8 Å². The second-order valence-electron chi connectivity index (χ2n) is 31.6. The lowest BCUT2D eigenvalue weighted by atomic mass is 9.52.